The summed E-state index contributed by atoms with van der Waals surface area (Å²) in [6.07, 6.45) is 3.52. The van der Waals surface area contributed by atoms with E-state index in [1.165, 1.54) is 6.20 Å². The highest BCUT2D eigenvalue weighted by atomic mass is 32.2. The Kier molecular flexibility index (Phi) is 4.65. The Labute approximate surface area is 121 Å². The van der Waals surface area contributed by atoms with Gasteiger partial charge in [-0.25, -0.2) is 13.4 Å². The number of piperidine rings is 1. The van der Waals surface area contributed by atoms with Crippen LogP contribution in [0.5, 0.6) is 0 Å². The van der Waals surface area contributed by atoms with Crippen LogP contribution in [0.15, 0.2) is 23.4 Å². The van der Waals surface area contributed by atoms with Gasteiger partial charge in [-0.15, -0.1) is 0 Å². The van der Waals surface area contributed by atoms with Gasteiger partial charge in [0, 0.05) is 25.3 Å². The number of nitrogens with one attached hydrogen (secondary N) is 1. The monoisotopic (exact) mass is 297 g/mol. The van der Waals surface area contributed by atoms with Crippen LogP contribution in [0.3, 0.4) is 0 Å². The zero-order chi connectivity index (χ0) is 14.8. The zero-order valence-corrected chi connectivity index (χ0v) is 13.2. The lowest BCUT2D eigenvalue weighted by Gasteiger charge is -2.36. The molecule has 2 heterocycles. The van der Waals surface area contributed by atoms with Crippen LogP contribution >= 0.6 is 0 Å². The lowest BCUT2D eigenvalue weighted by molar-refractivity contribution is 0.202. The van der Waals surface area contributed by atoms with E-state index in [2.05, 4.69) is 17.2 Å². The third-order valence-electron chi connectivity index (χ3n) is 4.01. The molecule has 1 N–H and O–H groups in total. The minimum atomic E-state index is -3.54. The Hall–Kier alpha value is -1.14. The molecule has 1 aromatic heterocycles. The number of rotatable bonds is 4. The second-order valence-corrected chi connectivity index (χ2v) is 7.17. The summed E-state index contributed by atoms with van der Waals surface area (Å²) in [4.78, 5) is 4.11. The summed E-state index contributed by atoms with van der Waals surface area (Å²) in [5, 5.41) is 3.22. The lowest BCUT2D eigenvalue weighted by Crippen LogP contribution is -2.46. The average molecular weight is 297 g/mol. The number of anilines is 1. The molecule has 2 unspecified atom stereocenters. The standard InChI is InChI=1S/C14H23N3O2S/c1-4-15-13-8-5-9-16-14(13)20(18,19)17-10-6-7-11(2)12(17)3/h5,8-9,11-12,15H,4,6-7,10H2,1-3H3. The minimum absolute atomic E-state index is 0.0187. The highest BCUT2D eigenvalue weighted by Crippen LogP contribution is 2.30. The van der Waals surface area contributed by atoms with E-state index in [4.69, 9.17) is 0 Å². The van der Waals surface area contributed by atoms with Gasteiger partial charge in [-0.1, -0.05) is 6.92 Å². The summed E-state index contributed by atoms with van der Waals surface area (Å²) >= 11 is 0. The van der Waals surface area contributed by atoms with Crippen molar-refractivity contribution in [1.82, 2.24) is 9.29 Å². The van der Waals surface area contributed by atoms with Crippen LogP contribution in [-0.2, 0) is 10.0 Å². The summed E-state index contributed by atoms with van der Waals surface area (Å²) in [5.74, 6) is 0.379. The predicted octanol–water partition coefficient (Wildman–Crippen LogP) is 2.32. The Balaban J connectivity index is 2.39. The van der Waals surface area contributed by atoms with Crippen molar-refractivity contribution in [2.24, 2.45) is 5.92 Å². The highest BCUT2D eigenvalue weighted by Gasteiger charge is 2.36. The smallest absolute Gasteiger partial charge is 0.262 e. The first-order valence-electron chi connectivity index (χ1n) is 7.19. The molecule has 112 valence electrons. The van der Waals surface area contributed by atoms with E-state index in [0.29, 0.717) is 24.7 Å². The topological polar surface area (TPSA) is 62.3 Å². The first-order chi connectivity index (χ1) is 9.48. The van der Waals surface area contributed by atoms with Crippen LogP contribution in [0.25, 0.3) is 0 Å². The summed E-state index contributed by atoms with van der Waals surface area (Å²) in [5.41, 5.74) is 0.584. The fraction of sp³-hybridized carbons (Fsp3) is 0.643. The second-order valence-electron chi connectivity index (χ2n) is 5.36. The summed E-state index contributed by atoms with van der Waals surface area (Å²) < 4.78 is 27.3. The molecule has 6 heteroatoms. The van der Waals surface area contributed by atoms with Gasteiger partial charge >= 0.3 is 0 Å². The van der Waals surface area contributed by atoms with Crippen LogP contribution < -0.4 is 5.32 Å². The van der Waals surface area contributed by atoms with Crippen molar-refractivity contribution in [3.8, 4) is 0 Å². The van der Waals surface area contributed by atoms with Crippen LogP contribution in [-0.4, -0.2) is 36.8 Å². The fourth-order valence-corrected chi connectivity index (χ4v) is 4.52. The molecule has 1 aromatic rings. The van der Waals surface area contributed by atoms with Gasteiger partial charge in [-0.3, -0.25) is 0 Å². The molecular formula is C14H23N3O2S. The van der Waals surface area contributed by atoms with E-state index in [0.717, 1.165) is 12.8 Å². The molecule has 2 rings (SSSR count). The first kappa shape index (κ1) is 15.3. The molecule has 0 amide bonds. The van der Waals surface area contributed by atoms with Crippen molar-refractivity contribution in [2.75, 3.05) is 18.4 Å². The molecule has 1 fully saturated rings. The molecule has 2 atom stereocenters. The Morgan fingerprint density at radius 3 is 2.90 bits per heavy atom. The zero-order valence-electron chi connectivity index (χ0n) is 12.3. The van der Waals surface area contributed by atoms with E-state index in [-0.39, 0.29) is 11.1 Å². The quantitative estimate of drug-likeness (QED) is 0.926. The number of hydrogen-bond donors (Lipinski definition) is 1. The normalized spacial score (nSPS) is 24.6. The van der Waals surface area contributed by atoms with Crippen LogP contribution in [0.2, 0.25) is 0 Å². The van der Waals surface area contributed by atoms with E-state index >= 15 is 0 Å². The largest absolute Gasteiger partial charge is 0.383 e. The van der Waals surface area contributed by atoms with Gasteiger partial charge in [-0.05, 0) is 44.7 Å². The van der Waals surface area contributed by atoms with E-state index < -0.39 is 10.0 Å². The van der Waals surface area contributed by atoms with Crippen LogP contribution in [0.1, 0.15) is 33.6 Å². The van der Waals surface area contributed by atoms with Crippen molar-refractivity contribution in [3.63, 3.8) is 0 Å². The molecule has 1 aliphatic rings. The van der Waals surface area contributed by atoms with Crippen molar-refractivity contribution in [1.29, 1.82) is 0 Å². The molecule has 0 saturated carbocycles. The van der Waals surface area contributed by atoms with E-state index in [1.807, 2.05) is 13.8 Å². The molecule has 5 nitrogen and oxygen atoms in total. The maximum Gasteiger partial charge on any atom is 0.262 e. The first-order valence-corrected chi connectivity index (χ1v) is 8.63. The van der Waals surface area contributed by atoms with Gasteiger partial charge in [0.15, 0.2) is 5.03 Å². The molecule has 0 bridgehead atoms. The van der Waals surface area contributed by atoms with Gasteiger partial charge in [0.1, 0.15) is 0 Å². The molecule has 0 spiro atoms. The predicted molar refractivity (Wildman–Crippen MR) is 80.2 cm³/mol. The van der Waals surface area contributed by atoms with Gasteiger partial charge in [0.25, 0.3) is 10.0 Å². The van der Waals surface area contributed by atoms with E-state index in [1.54, 1.807) is 16.4 Å². The van der Waals surface area contributed by atoms with Gasteiger partial charge in [0.05, 0.1) is 5.69 Å². The van der Waals surface area contributed by atoms with Gasteiger partial charge in [0.2, 0.25) is 0 Å². The number of hydrogen-bond acceptors (Lipinski definition) is 4. The molecule has 0 aliphatic carbocycles. The van der Waals surface area contributed by atoms with E-state index in [9.17, 15) is 8.42 Å². The maximum atomic E-state index is 12.9. The molecule has 1 saturated heterocycles. The van der Waals surface area contributed by atoms with Crippen molar-refractivity contribution in [2.45, 2.75) is 44.7 Å². The van der Waals surface area contributed by atoms with Gasteiger partial charge in [-0.2, -0.15) is 4.31 Å². The van der Waals surface area contributed by atoms with Crippen molar-refractivity contribution in [3.05, 3.63) is 18.3 Å². The van der Waals surface area contributed by atoms with Crippen LogP contribution in [0.4, 0.5) is 5.69 Å². The second kappa shape index (κ2) is 6.10. The summed E-state index contributed by atoms with van der Waals surface area (Å²) in [7, 11) is -3.54. The third kappa shape index (κ3) is 2.81. The lowest BCUT2D eigenvalue weighted by atomic mass is 9.94. The molecule has 20 heavy (non-hydrogen) atoms. The molecular weight excluding hydrogens is 274 g/mol. The Morgan fingerprint density at radius 2 is 2.20 bits per heavy atom. The molecule has 0 aromatic carbocycles. The number of aromatic nitrogens is 1. The summed E-state index contributed by atoms with van der Waals surface area (Å²) in [6.45, 7) is 7.28. The fourth-order valence-electron chi connectivity index (χ4n) is 2.67. The van der Waals surface area contributed by atoms with Crippen molar-refractivity contribution < 1.29 is 8.42 Å². The number of sulfonamides is 1. The number of pyridine rings is 1. The molecule has 0 radical (unpaired) electrons. The van der Waals surface area contributed by atoms with Crippen molar-refractivity contribution >= 4 is 15.7 Å². The van der Waals surface area contributed by atoms with Gasteiger partial charge < -0.3 is 5.32 Å². The maximum absolute atomic E-state index is 12.9. The summed E-state index contributed by atoms with van der Waals surface area (Å²) in [6, 6.07) is 3.53. The third-order valence-corrected chi connectivity index (χ3v) is 5.95. The molecule has 1 aliphatic heterocycles. The minimum Gasteiger partial charge on any atom is -0.383 e. The SMILES string of the molecule is CCNc1cccnc1S(=O)(=O)N1CCCC(C)C1C. The van der Waals surface area contributed by atoms with Crippen LogP contribution in [0, 0.1) is 5.92 Å². The number of nitrogens with zero attached hydrogens (tertiary/aromatic N) is 2. The average Bonchev–Trinajstić information content (AvgIpc) is 2.42. The Bertz CT molecular complexity index is 559. The highest BCUT2D eigenvalue weighted by molar-refractivity contribution is 7.89. The Morgan fingerprint density at radius 1 is 1.45 bits per heavy atom.